The third-order valence-electron chi connectivity index (χ3n) is 13.9. The first-order valence-electron chi connectivity index (χ1n) is 23.0. The fraction of sp³-hybridized carbons (Fsp3) is 0. The Bertz CT molecular complexity index is 4560. The Balaban J connectivity index is 1.02. The molecule has 0 atom stereocenters. The van der Waals surface area contributed by atoms with E-state index in [2.05, 4.69) is 228 Å². The van der Waals surface area contributed by atoms with Gasteiger partial charge >= 0.3 is 0 Å². The summed E-state index contributed by atoms with van der Waals surface area (Å²) in [6.45, 7) is 0. The van der Waals surface area contributed by atoms with E-state index in [4.69, 9.17) is 9.97 Å². The van der Waals surface area contributed by atoms with Crippen LogP contribution in [0.2, 0.25) is 0 Å². The Morgan fingerprint density at radius 3 is 1.94 bits per heavy atom. The smallest absolute Gasteiger partial charge is 0.235 e. The normalized spacial score (nSPS) is 12.1. The van der Waals surface area contributed by atoms with Crippen molar-refractivity contribution in [1.29, 1.82) is 0 Å². The molecule has 15 aromatic rings. The Labute approximate surface area is 397 Å². The molecule has 0 aliphatic carbocycles. The van der Waals surface area contributed by atoms with E-state index in [9.17, 15) is 0 Å². The third kappa shape index (κ3) is 5.59. The topological polar surface area (TPSA) is 35.6 Å². The van der Waals surface area contributed by atoms with Gasteiger partial charge in [-0.2, -0.15) is 0 Å². The van der Waals surface area contributed by atoms with Crippen molar-refractivity contribution in [3.05, 3.63) is 218 Å². The van der Waals surface area contributed by atoms with E-state index in [-0.39, 0.29) is 0 Å². The summed E-state index contributed by atoms with van der Waals surface area (Å²) < 4.78 is 8.48. The van der Waals surface area contributed by atoms with Gasteiger partial charge in [0, 0.05) is 73.5 Å². The molecule has 0 aliphatic rings. The Kier molecular flexibility index (Phi) is 8.07. The molecule has 68 heavy (non-hydrogen) atoms. The average Bonchev–Trinajstić information content (AvgIpc) is 4.17. The second-order valence-corrected chi connectivity index (χ2v) is 19.8. The van der Waals surface area contributed by atoms with Gasteiger partial charge in [-0.3, -0.25) is 4.57 Å². The van der Waals surface area contributed by atoms with Crippen molar-refractivity contribution in [3.8, 4) is 44.5 Å². The van der Waals surface area contributed by atoms with Gasteiger partial charge in [-0.05, 0) is 100 Å². The predicted molar refractivity (Wildman–Crippen MR) is 290 cm³/mol. The van der Waals surface area contributed by atoms with Crippen molar-refractivity contribution in [2.75, 3.05) is 0 Å². The molecule has 15 rings (SSSR count). The molecule has 0 radical (unpaired) electrons. The molecule has 4 nitrogen and oxygen atoms in total. The van der Waals surface area contributed by atoms with Crippen molar-refractivity contribution in [2.45, 2.75) is 0 Å². The van der Waals surface area contributed by atoms with Gasteiger partial charge in [0.2, 0.25) is 5.95 Å². The van der Waals surface area contributed by atoms with Crippen LogP contribution in [0.1, 0.15) is 0 Å². The number of nitrogens with zero attached hydrogens (tertiary/aromatic N) is 4. The van der Waals surface area contributed by atoms with Crippen LogP contribution in [0.3, 0.4) is 0 Å². The molecule has 0 N–H and O–H groups in total. The van der Waals surface area contributed by atoms with Crippen LogP contribution in [0.15, 0.2) is 218 Å². The molecule has 0 spiro atoms. The highest BCUT2D eigenvalue weighted by Crippen LogP contribution is 2.45. The number of aromatic nitrogens is 4. The number of fused-ring (bicyclic) bond motifs is 13. The quantitative estimate of drug-likeness (QED) is 0.173. The van der Waals surface area contributed by atoms with Gasteiger partial charge < -0.3 is 4.57 Å². The molecule has 0 bridgehead atoms. The van der Waals surface area contributed by atoms with Crippen molar-refractivity contribution < 1.29 is 0 Å². The zero-order chi connectivity index (χ0) is 44.5. The van der Waals surface area contributed by atoms with E-state index in [1.165, 1.54) is 78.8 Å². The fourth-order valence-electron chi connectivity index (χ4n) is 10.8. The maximum atomic E-state index is 5.75. The maximum absolute atomic E-state index is 5.75. The molecule has 0 amide bonds. The van der Waals surface area contributed by atoms with E-state index >= 15 is 0 Å². The van der Waals surface area contributed by atoms with Crippen LogP contribution in [-0.2, 0) is 0 Å². The van der Waals surface area contributed by atoms with Crippen LogP contribution in [0, 0.1) is 0 Å². The summed E-state index contributed by atoms with van der Waals surface area (Å²) in [5.74, 6) is 0.649. The summed E-state index contributed by atoms with van der Waals surface area (Å²) in [6, 6.07) is 79.6. The minimum absolute atomic E-state index is 0.649. The molecule has 316 valence electrons. The van der Waals surface area contributed by atoms with Crippen LogP contribution < -0.4 is 0 Å². The molecule has 0 saturated carbocycles. The monoisotopic (exact) mass is 900 g/mol. The van der Waals surface area contributed by atoms with Gasteiger partial charge in [-0.25, -0.2) is 9.97 Å². The van der Waals surface area contributed by atoms with Gasteiger partial charge in [-0.15, -0.1) is 22.7 Å². The summed E-state index contributed by atoms with van der Waals surface area (Å²) in [5, 5.41) is 11.9. The molecular weight excluding hydrogens is 865 g/mol. The second-order valence-electron chi connectivity index (χ2n) is 17.7. The Morgan fingerprint density at radius 1 is 0.368 bits per heavy atom. The minimum Gasteiger partial charge on any atom is -0.309 e. The van der Waals surface area contributed by atoms with E-state index < -0.39 is 0 Å². The van der Waals surface area contributed by atoms with Crippen molar-refractivity contribution >= 4 is 118 Å². The lowest BCUT2D eigenvalue weighted by Crippen LogP contribution is -2.03. The summed E-state index contributed by atoms with van der Waals surface area (Å²) in [4.78, 5) is 12.5. The molecular formula is C62H36N4S2. The lowest BCUT2D eigenvalue weighted by atomic mass is 9.99. The third-order valence-corrected chi connectivity index (χ3v) is 16.3. The van der Waals surface area contributed by atoms with Gasteiger partial charge in [0.25, 0.3) is 0 Å². The molecule has 6 heteroatoms. The summed E-state index contributed by atoms with van der Waals surface area (Å²) >= 11 is 3.66. The SMILES string of the molecule is c1ccc(-c2cc3ccc4nc(-n5c6ccc(-c7cccc8c9ccccc9n(-c9ccccc9)c78)cc6c6cc7ccccc7cc65)nc(-c5ccc6sc7ccccc7c6c5)c4c3s2)cc1. The standard InChI is InChI=1S/C62H36N4S2/c1-3-14-37(15-4-1)57-36-42-26-29-51-58(61(42)68-57)59(41-28-31-56-50(34-41)46-21-10-12-25-55(46)67-56)64-62(63-51)66-53-30-27-40(33-48(53)49-32-38-16-7-8-17-39(38)35-54(49)66)44-22-13-23-47-45-20-9-11-24-52(45)65(60(44)47)43-18-5-2-6-19-43/h1-36H. The molecule has 0 fully saturated rings. The molecule has 10 aromatic carbocycles. The molecule has 0 aliphatic heterocycles. The van der Waals surface area contributed by atoms with E-state index in [0.717, 1.165) is 55.2 Å². The number of benzene rings is 10. The summed E-state index contributed by atoms with van der Waals surface area (Å²) in [6.07, 6.45) is 0. The zero-order valence-corrected chi connectivity index (χ0v) is 38.0. The summed E-state index contributed by atoms with van der Waals surface area (Å²) in [5.41, 5.74) is 12.1. The molecule has 0 saturated heterocycles. The lowest BCUT2D eigenvalue weighted by molar-refractivity contribution is 1.02. The maximum Gasteiger partial charge on any atom is 0.235 e. The highest BCUT2D eigenvalue weighted by atomic mass is 32.1. The summed E-state index contributed by atoms with van der Waals surface area (Å²) in [7, 11) is 0. The first kappa shape index (κ1) is 37.8. The minimum atomic E-state index is 0.649. The predicted octanol–water partition coefficient (Wildman–Crippen LogP) is 17.6. The van der Waals surface area contributed by atoms with E-state index in [1.807, 2.05) is 22.7 Å². The van der Waals surface area contributed by atoms with Crippen molar-refractivity contribution in [1.82, 2.24) is 19.1 Å². The van der Waals surface area contributed by atoms with E-state index in [0.29, 0.717) is 5.95 Å². The Morgan fingerprint density at radius 2 is 1.06 bits per heavy atom. The molecule has 0 unspecified atom stereocenters. The highest BCUT2D eigenvalue weighted by Gasteiger charge is 2.23. The largest absolute Gasteiger partial charge is 0.309 e. The van der Waals surface area contributed by atoms with Gasteiger partial charge in [-0.1, -0.05) is 146 Å². The van der Waals surface area contributed by atoms with Crippen LogP contribution >= 0.6 is 22.7 Å². The Hall–Kier alpha value is -8.42. The van der Waals surface area contributed by atoms with E-state index in [1.54, 1.807) is 0 Å². The van der Waals surface area contributed by atoms with Gasteiger partial charge in [0.15, 0.2) is 0 Å². The second kappa shape index (κ2) is 14.5. The lowest BCUT2D eigenvalue weighted by Gasteiger charge is -2.13. The fourth-order valence-corrected chi connectivity index (χ4v) is 13.1. The molecule has 5 heterocycles. The van der Waals surface area contributed by atoms with Crippen molar-refractivity contribution in [2.24, 2.45) is 0 Å². The number of para-hydroxylation sites is 3. The first-order valence-corrected chi connectivity index (χ1v) is 24.6. The highest BCUT2D eigenvalue weighted by molar-refractivity contribution is 7.25. The first-order chi connectivity index (χ1) is 33.7. The number of hydrogen-bond donors (Lipinski definition) is 0. The van der Waals surface area contributed by atoms with Crippen molar-refractivity contribution in [3.63, 3.8) is 0 Å². The number of rotatable bonds is 5. The van der Waals surface area contributed by atoms with Crippen LogP contribution in [0.4, 0.5) is 0 Å². The van der Waals surface area contributed by atoms with Gasteiger partial charge in [0.1, 0.15) is 0 Å². The number of hydrogen-bond acceptors (Lipinski definition) is 4. The number of thiophene rings is 2. The van der Waals surface area contributed by atoms with Crippen LogP contribution in [-0.4, -0.2) is 19.1 Å². The van der Waals surface area contributed by atoms with Crippen LogP contribution in [0.25, 0.3) is 140 Å². The van der Waals surface area contributed by atoms with Gasteiger partial charge in [0.05, 0.1) is 33.3 Å². The molecule has 5 aromatic heterocycles. The average molecular weight is 901 g/mol. The zero-order valence-electron chi connectivity index (χ0n) is 36.4. The van der Waals surface area contributed by atoms with Crippen LogP contribution in [0.5, 0.6) is 0 Å².